The third kappa shape index (κ3) is 5.47. The maximum Gasteiger partial charge on any atom is 0.305 e. The van der Waals surface area contributed by atoms with Crippen LogP contribution in [0.2, 0.25) is 0 Å². The summed E-state index contributed by atoms with van der Waals surface area (Å²) in [5.41, 5.74) is 1.91. The fraction of sp³-hybridized carbons (Fsp3) is 0.238. The Morgan fingerprint density at radius 3 is 2.72 bits per heavy atom. The van der Waals surface area contributed by atoms with E-state index in [0.29, 0.717) is 0 Å². The van der Waals surface area contributed by atoms with Crippen LogP contribution < -0.4 is 5.32 Å². The number of aromatic nitrogens is 2. The first-order valence-electron chi connectivity index (χ1n) is 9.07. The van der Waals surface area contributed by atoms with Crippen LogP contribution in [0.1, 0.15) is 35.9 Å². The van der Waals surface area contributed by atoms with Gasteiger partial charge in [0.1, 0.15) is 5.82 Å². The average Bonchev–Trinajstić information content (AvgIpc) is 3.15. The van der Waals surface area contributed by atoms with Gasteiger partial charge in [-0.2, -0.15) is 4.98 Å². The van der Waals surface area contributed by atoms with Crippen molar-refractivity contribution in [1.82, 2.24) is 15.5 Å². The highest BCUT2D eigenvalue weighted by Crippen LogP contribution is 2.20. The molecule has 0 unspecified atom stereocenters. The largest absolute Gasteiger partial charge is 0.481 e. The van der Waals surface area contributed by atoms with Gasteiger partial charge in [0.2, 0.25) is 17.6 Å². The van der Waals surface area contributed by atoms with Gasteiger partial charge in [-0.25, -0.2) is 4.39 Å². The second-order valence-corrected chi connectivity index (χ2v) is 6.62. The Morgan fingerprint density at radius 1 is 1.21 bits per heavy atom. The molecular weight excluding hydrogens is 377 g/mol. The Balaban J connectivity index is 1.62. The highest BCUT2D eigenvalue weighted by molar-refractivity contribution is 5.78. The van der Waals surface area contributed by atoms with Gasteiger partial charge in [-0.1, -0.05) is 47.1 Å². The molecule has 0 bridgehead atoms. The zero-order chi connectivity index (χ0) is 20.8. The standard InChI is InChI=1S/C21H20FN3O4/c1-13-5-4-6-14(11-13)17(12-20(27)28)23-18(26)9-10-19-24-21(25-29-19)15-7-2-3-8-16(15)22/h2-8,11,17H,9-10,12H2,1H3,(H,23,26)(H,27,28)/t17-/m0/s1. The number of aliphatic carboxylic acids is 1. The van der Waals surface area contributed by atoms with Crippen molar-refractivity contribution in [3.05, 3.63) is 71.4 Å². The fourth-order valence-corrected chi connectivity index (χ4v) is 2.91. The maximum atomic E-state index is 13.8. The van der Waals surface area contributed by atoms with E-state index < -0.39 is 17.8 Å². The van der Waals surface area contributed by atoms with Gasteiger partial charge in [-0.15, -0.1) is 0 Å². The minimum absolute atomic E-state index is 0.0286. The monoisotopic (exact) mass is 397 g/mol. The number of benzene rings is 2. The van der Waals surface area contributed by atoms with Crippen molar-refractivity contribution in [3.8, 4) is 11.4 Å². The Bertz CT molecular complexity index is 1020. The lowest BCUT2D eigenvalue weighted by Gasteiger charge is -2.17. The van der Waals surface area contributed by atoms with E-state index in [-0.39, 0.29) is 42.4 Å². The lowest BCUT2D eigenvalue weighted by molar-refractivity contribution is -0.137. The lowest BCUT2D eigenvalue weighted by Crippen LogP contribution is -2.30. The van der Waals surface area contributed by atoms with Crippen LogP contribution in [0.5, 0.6) is 0 Å². The van der Waals surface area contributed by atoms with Crippen molar-refractivity contribution >= 4 is 11.9 Å². The molecule has 7 nitrogen and oxygen atoms in total. The molecule has 0 aliphatic heterocycles. The zero-order valence-electron chi connectivity index (χ0n) is 15.8. The van der Waals surface area contributed by atoms with Crippen LogP contribution in [0.15, 0.2) is 53.1 Å². The number of carbonyl (C=O) groups excluding carboxylic acids is 1. The highest BCUT2D eigenvalue weighted by Gasteiger charge is 2.19. The molecule has 2 aromatic carbocycles. The van der Waals surface area contributed by atoms with Crippen LogP contribution in [-0.2, 0) is 16.0 Å². The van der Waals surface area contributed by atoms with Gasteiger partial charge in [-0.3, -0.25) is 9.59 Å². The first-order chi connectivity index (χ1) is 13.9. The van der Waals surface area contributed by atoms with Gasteiger partial charge in [0.05, 0.1) is 18.0 Å². The Labute approximate surface area is 166 Å². The van der Waals surface area contributed by atoms with Crippen molar-refractivity contribution < 1.29 is 23.6 Å². The average molecular weight is 397 g/mol. The molecule has 1 atom stereocenters. The molecule has 8 heteroatoms. The summed E-state index contributed by atoms with van der Waals surface area (Å²) in [5.74, 6) is -1.51. The van der Waals surface area contributed by atoms with Gasteiger partial charge in [0.15, 0.2) is 0 Å². The van der Waals surface area contributed by atoms with Crippen LogP contribution in [0.25, 0.3) is 11.4 Å². The van der Waals surface area contributed by atoms with Gasteiger partial charge in [-0.05, 0) is 24.6 Å². The van der Waals surface area contributed by atoms with Crippen LogP contribution in [0.4, 0.5) is 4.39 Å². The van der Waals surface area contributed by atoms with Crippen LogP contribution in [0.3, 0.4) is 0 Å². The third-order valence-electron chi connectivity index (χ3n) is 4.31. The summed E-state index contributed by atoms with van der Waals surface area (Å²) in [7, 11) is 0. The maximum absolute atomic E-state index is 13.8. The number of nitrogens with one attached hydrogen (secondary N) is 1. The first kappa shape index (κ1) is 20.2. The number of nitrogens with zero attached hydrogens (tertiary/aromatic N) is 2. The van der Waals surface area contributed by atoms with E-state index >= 15 is 0 Å². The van der Waals surface area contributed by atoms with Gasteiger partial charge >= 0.3 is 5.97 Å². The van der Waals surface area contributed by atoms with Crippen LogP contribution in [0, 0.1) is 12.7 Å². The molecule has 150 valence electrons. The zero-order valence-corrected chi connectivity index (χ0v) is 15.8. The molecule has 1 aromatic heterocycles. The number of carboxylic acid groups (broad SMARTS) is 1. The van der Waals surface area contributed by atoms with Gasteiger partial charge in [0.25, 0.3) is 0 Å². The summed E-state index contributed by atoms with van der Waals surface area (Å²) in [6.45, 7) is 1.89. The smallest absolute Gasteiger partial charge is 0.305 e. The van der Waals surface area contributed by atoms with Gasteiger partial charge < -0.3 is 14.9 Å². The molecule has 0 spiro atoms. The Hall–Kier alpha value is -3.55. The van der Waals surface area contributed by atoms with E-state index in [4.69, 9.17) is 9.63 Å². The lowest BCUT2D eigenvalue weighted by atomic mass is 10.0. The van der Waals surface area contributed by atoms with Crippen LogP contribution in [-0.4, -0.2) is 27.1 Å². The summed E-state index contributed by atoms with van der Waals surface area (Å²) in [4.78, 5) is 27.6. The van der Waals surface area contributed by atoms with Gasteiger partial charge in [0, 0.05) is 12.8 Å². The predicted molar refractivity (Wildman–Crippen MR) is 102 cm³/mol. The molecule has 0 radical (unpaired) electrons. The molecule has 3 aromatic rings. The number of hydrogen-bond acceptors (Lipinski definition) is 5. The highest BCUT2D eigenvalue weighted by atomic mass is 19.1. The molecule has 0 saturated carbocycles. The summed E-state index contributed by atoms with van der Waals surface area (Å²) in [5, 5.41) is 15.6. The molecule has 29 heavy (non-hydrogen) atoms. The van der Waals surface area contributed by atoms with E-state index in [2.05, 4.69) is 15.5 Å². The number of amides is 1. The number of carbonyl (C=O) groups is 2. The molecular formula is C21H20FN3O4. The second-order valence-electron chi connectivity index (χ2n) is 6.62. The number of carboxylic acids is 1. The summed E-state index contributed by atoms with van der Waals surface area (Å²) in [6.07, 6.45) is -0.0467. The van der Waals surface area contributed by atoms with E-state index in [1.54, 1.807) is 18.2 Å². The van der Waals surface area contributed by atoms with Crippen molar-refractivity contribution in [2.24, 2.45) is 0 Å². The van der Waals surface area contributed by atoms with E-state index in [1.807, 2.05) is 25.1 Å². The van der Waals surface area contributed by atoms with E-state index in [9.17, 15) is 14.0 Å². The second kappa shape index (κ2) is 9.09. The Morgan fingerprint density at radius 2 is 2.00 bits per heavy atom. The number of aryl methyl sites for hydroxylation is 2. The van der Waals surface area contributed by atoms with Crippen molar-refractivity contribution in [3.63, 3.8) is 0 Å². The fourth-order valence-electron chi connectivity index (χ4n) is 2.91. The van der Waals surface area contributed by atoms with Crippen molar-refractivity contribution in [2.45, 2.75) is 32.2 Å². The SMILES string of the molecule is Cc1cccc([C@H](CC(=O)O)NC(=O)CCc2nc(-c3ccccc3F)no2)c1. The number of hydrogen-bond donors (Lipinski definition) is 2. The molecule has 0 saturated heterocycles. The normalized spacial score (nSPS) is 11.8. The minimum Gasteiger partial charge on any atom is -0.481 e. The first-order valence-corrected chi connectivity index (χ1v) is 9.07. The van der Waals surface area contributed by atoms with Crippen molar-refractivity contribution in [2.75, 3.05) is 0 Å². The molecule has 3 rings (SSSR count). The minimum atomic E-state index is -1.01. The molecule has 0 fully saturated rings. The summed E-state index contributed by atoms with van der Waals surface area (Å²) < 4.78 is 18.9. The molecule has 1 heterocycles. The quantitative estimate of drug-likeness (QED) is 0.603. The molecule has 2 N–H and O–H groups in total. The molecule has 0 aliphatic carbocycles. The molecule has 1 amide bonds. The summed E-state index contributed by atoms with van der Waals surface area (Å²) >= 11 is 0. The summed E-state index contributed by atoms with van der Waals surface area (Å²) in [6, 6.07) is 12.7. The predicted octanol–water partition coefficient (Wildman–Crippen LogP) is 3.45. The molecule has 0 aliphatic rings. The topological polar surface area (TPSA) is 105 Å². The van der Waals surface area contributed by atoms with Crippen molar-refractivity contribution in [1.29, 1.82) is 0 Å². The Kier molecular flexibility index (Phi) is 6.33. The van der Waals surface area contributed by atoms with Crippen LogP contribution >= 0.6 is 0 Å². The number of rotatable bonds is 8. The third-order valence-corrected chi connectivity index (χ3v) is 4.31. The number of halogens is 1. The van der Waals surface area contributed by atoms with E-state index in [0.717, 1.165) is 11.1 Å². The van der Waals surface area contributed by atoms with E-state index in [1.165, 1.54) is 12.1 Å².